The molecule has 1 heterocycles. The Bertz CT molecular complexity index is 390. The Morgan fingerprint density at radius 1 is 1.47 bits per heavy atom. The molecule has 0 saturated carbocycles. The van der Waals surface area contributed by atoms with E-state index >= 15 is 0 Å². The van der Waals surface area contributed by atoms with Crippen LogP contribution in [0, 0.1) is 6.92 Å². The summed E-state index contributed by atoms with van der Waals surface area (Å²) in [5.74, 6) is 0.833. The fourth-order valence-electron chi connectivity index (χ4n) is 1.51. The number of aromatic nitrogens is 1. The van der Waals surface area contributed by atoms with Gasteiger partial charge >= 0.3 is 0 Å². The Labute approximate surface area is 136 Å². The van der Waals surface area contributed by atoms with Crippen LogP contribution in [0.15, 0.2) is 23.0 Å². The van der Waals surface area contributed by atoms with Crippen LogP contribution in [-0.4, -0.2) is 31.1 Å². The molecule has 0 aliphatic carbocycles. The molecule has 1 aromatic heterocycles. The third kappa shape index (κ3) is 8.20. The van der Waals surface area contributed by atoms with E-state index < -0.39 is 0 Å². The van der Waals surface area contributed by atoms with Crippen molar-refractivity contribution in [3.8, 4) is 0 Å². The average molecular weight is 394 g/mol. The molecule has 1 aromatic rings. The van der Waals surface area contributed by atoms with Crippen LogP contribution in [0.1, 0.15) is 23.5 Å². The van der Waals surface area contributed by atoms with Crippen molar-refractivity contribution in [1.29, 1.82) is 0 Å². The molecule has 4 nitrogen and oxygen atoms in total. The average Bonchev–Trinajstić information content (AvgIpc) is 2.78. The predicted molar refractivity (Wildman–Crippen MR) is 94.8 cm³/mol. The van der Waals surface area contributed by atoms with Crippen LogP contribution in [0.25, 0.3) is 0 Å². The highest BCUT2D eigenvalue weighted by Crippen LogP contribution is 2.11. The van der Waals surface area contributed by atoms with Gasteiger partial charge in [-0.2, -0.15) is 0 Å². The van der Waals surface area contributed by atoms with Gasteiger partial charge in [0.1, 0.15) is 0 Å². The Balaban J connectivity index is 0.00000324. The molecule has 0 fully saturated rings. The first-order chi connectivity index (χ1) is 8.76. The van der Waals surface area contributed by atoms with Crippen molar-refractivity contribution in [3.63, 3.8) is 0 Å². The molecule has 0 atom stereocenters. The summed E-state index contributed by atoms with van der Waals surface area (Å²) in [6.07, 6.45) is 5.16. The molecule has 2 N–H and O–H groups in total. The predicted octanol–water partition coefficient (Wildman–Crippen LogP) is 2.74. The summed E-state index contributed by atoms with van der Waals surface area (Å²) in [7, 11) is 1.77. The van der Waals surface area contributed by atoms with Crippen LogP contribution >= 0.6 is 35.3 Å². The summed E-state index contributed by atoms with van der Waals surface area (Å²) in [6.45, 7) is 7.37. The molecule has 0 saturated heterocycles. The monoisotopic (exact) mass is 394 g/mol. The van der Waals surface area contributed by atoms with E-state index in [0.29, 0.717) is 0 Å². The molecule has 0 bridgehead atoms. The Kier molecular flexibility index (Phi) is 10.8. The van der Waals surface area contributed by atoms with Gasteiger partial charge in [0.25, 0.3) is 0 Å². The van der Waals surface area contributed by atoms with Crippen molar-refractivity contribution in [2.45, 2.75) is 26.2 Å². The van der Waals surface area contributed by atoms with Crippen LogP contribution in [0.5, 0.6) is 0 Å². The van der Waals surface area contributed by atoms with Crippen LogP contribution in [0.4, 0.5) is 0 Å². The molecule has 19 heavy (non-hydrogen) atoms. The fraction of sp³-hybridized carbons (Fsp3) is 0.538. The highest BCUT2D eigenvalue weighted by atomic mass is 127. The van der Waals surface area contributed by atoms with E-state index in [0.717, 1.165) is 44.0 Å². The van der Waals surface area contributed by atoms with E-state index in [1.54, 1.807) is 18.4 Å². The van der Waals surface area contributed by atoms with E-state index in [4.69, 9.17) is 0 Å². The molecule has 0 amide bonds. The minimum atomic E-state index is 0. The number of halogens is 1. The fourth-order valence-corrected chi connectivity index (χ4v) is 2.33. The first-order valence-electron chi connectivity index (χ1n) is 6.22. The largest absolute Gasteiger partial charge is 0.356 e. The second kappa shape index (κ2) is 11.2. The van der Waals surface area contributed by atoms with Crippen molar-refractivity contribution < 1.29 is 0 Å². The van der Waals surface area contributed by atoms with E-state index in [-0.39, 0.29) is 24.0 Å². The normalized spacial score (nSPS) is 10.7. The number of guanidine groups is 1. The minimum Gasteiger partial charge on any atom is -0.356 e. The summed E-state index contributed by atoms with van der Waals surface area (Å²) < 4.78 is 0. The van der Waals surface area contributed by atoms with Crippen molar-refractivity contribution in [2.75, 3.05) is 20.1 Å². The lowest BCUT2D eigenvalue weighted by Gasteiger charge is -2.09. The number of unbranched alkanes of at least 4 members (excludes halogenated alkanes) is 1. The van der Waals surface area contributed by atoms with Crippen molar-refractivity contribution in [3.05, 3.63) is 28.7 Å². The standard InChI is InChI=1S/C13H22N4S.HI/c1-4-8-15-13(14-3)16-9-6-5-7-12-17-11(2)10-18-12;/h4,10H,1,5-9H2,2-3H3,(H2,14,15,16);1H. The Hall–Kier alpha value is -0.630. The molecule has 0 aromatic carbocycles. The van der Waals surface area contributed by atoms with Gasteiger partial charge in [0, 0.05) is 31.2 Å². The van der Waals surface area contributed by atoms with Gasteiger partial charge in [-0.05, 0) is 26.2 Å². The maximum absolute atomic E-state index is 4.45. The highest BCUT2D eigenvalue weighted by Gasteiger charge is 1.99. The molecule has 6 heteroatoms. The zero-order chi connectivity index (χ0) is 13.2. The quantitative estimate of drug-likeness (QED) is 0.246. The van der Waals surface area contributed by atoms with E-state index in [1.807, 2.05) is 13.0 Å². The molecule has 0 radical (unpaired) electrons. The number of hydrogen-bond acceptors (Lipinski definition) is 3. The third-order valence-corrected chi connectivity index (χ3v) is 3.44. The van der Waals surface area contributed by atoms with Crippen LogP contribution in [0.3, 0.4) is 0 Å². The maximum atomic E-state index is 4.45. The molecule has 1 rings (SSSR count). The number of hydrogen-bond donors (Lipinski definition) is 2. The minimum absolute atomic E-state index is 0. The lowest BCUT2D eigenvalue weighted by molar-refractivity contribution is 0.696. The van der Waals surface area contributed by atoms with Crippen LogP contribution in [-0.2, 0) is 6.42 Å². The van der Waals surface area contributed by atoms with Crippen molar-refractivity contribution in [1.82, 2.24) is 15.6 Å². The molecular weight excluding hydrogens is 371 g/mol. The lowest BCUT2D eigenvalue weighted by Crippen LogP contribution is -2.37. The van der Waals surface area contributed by atoms with E-state index in [2.05, 4.69) is 32.6 Å². The van der Waals surface area contributed by atoms with Crippen molar-refractivity contribution >= 4 is 41.3 Å². The van der Waals surface area contributed by atoms with Gasteiger partial charge in [0.05, 0.1) is 5.01 Å². The van der Waals surface area contributed by atoms with E-state index in [1.165, 1.54) is 5.01 Å². The second-order valence-corrected chi connectivity index (χ2v) is 4.95. The first kappa shape index (κ1) is 18.4. The second-order valence-electron chi connectivity index (χ2n) is 4.01. The summed E-state index contributed by atoms with van der Waals surface area (Å²) >= 11 is 1.75. The summed E-state index contributed by atoms with van der Waals surface area (Å²) in [4.78, 5) is 8.57. The number of aliphatic imine (C=N–C) groups is 1. The third-order valence-electron chi connectivity index (χ3n) is 2.41. The maximum Gasteiger partial charge on any atom is 0.191 e. The van der Waals surface area contributed by atoms with Crippen LogP contribution < -0.4 is 10.6 Å². The first-order valence-corrected chi connectivity index (χ1v) is 7.10. The molecule has 0 aliphatic rings. The molecular formula is C13H23IN4S. The van der Waals surface area contributed by atoms with E-state index in [9.17, 15) is 0 Å². The Morgan fingerprint density at radius 2 is 2.26 bits per heavy atom. The zero-order valence-electron chi connectivity index (χ0n) is 11.6. The van der Waals surface area contributed by atoms with Gasteiger partial charge in [-0.25, -0.2) is 4.98 Å². The number of thiazole rings is 1. The summed E-state index contributed by atoms with van der Waals surface area (Å²) in [5, 5.41) is 9.75. The Morgan fingerprint density at radius 3 is 2.84 bits per heavy atom. The SMILES string of the molecule is C=CCNC(=NC)NCCCCc1nc(C)cs1.I. The molecule has 0 unspecified atom stereocenters. The van der Waals surface area contributed by atoms with Gasteiger partial charge in [-0.1, -0.05) is 6.08 Å². The van der Waals surface area contributed by atoms with Crippen molar-refractivity contribution in [2.24, 2.45) is 4.99 Å². The zero-order valence-corrected chi connectivity index (χ0v) is 14.8. The van der Waals surface area contributed by atoms with Gasteiger partial charge < -0.3 is 10.6 Å². The summed E-state index contributed by atoms with van der Waals surface area (Å²) in [5.41, 5.74) is 1.13. The van der Waals surface area contributed by atoms with Gasteiger partial charge in [-0.15, -0.1) is 41.9 Å². The van der Waals surface area contributed by atoms with Gasteiger partial charge in [0.2, 0.25) is 0 Å². The molecule has 108 valence electrons. The number of nitrogens with zero attached hydrogens (tertiary/aromatic N) is 2. The molecule has 0 spiro atoms. The van der Waals surface area contributed by atoms with Gasteiger partial charge in [0.15, 0.2) is 5.96 Å². The van der Waals surface area contributed by atoms with Crippen LogP contribution in [0.2, 0.25) is 0 Å². The topological polar surface area (TPSA) is 49.3 Å². The van der Waals surface area contributed by atoms with Gasteiger partial charge in [-0.3, -0.25) is 4.99 Å². The number of nitrogens with one attached hydrogen (secondary N) is 2. The summed E-state index contributed by atoms with van der Waals surface area (Å²) in [6, 6.07) is 0. The molecule has 0 aliphatic heterocycles. The number of rotatable bonds is 7. The smallest absolute Gasteiger partial charge is 0.191 e. The lowest BCUT2D eigenvalue weighted by atomic mass is 10.2. The number of aryl methyl sites for hydroxylation is 2. The highest BCUT2D eigenvalue weighted by molar-refractivity contribution is 14.0.